The number of rotatable bonds is 5. The van der Waals surface area contributed by atoms with Crippen molar-refractivity contribution in [3.05, 3.63) is 107 Å². The lowest BCUT2D eigenvalue weighted by Gasteiger charge is -2.34. The van der Waals surface area contributed by atoms with Gasteiger partial charge in [-0.05, 0) is 36.1 Å². The molecule has 2 aromatic carbocycles. The highest BCUT2D eigenvalue weighted by atomic mass is 19.4. The van der Waals surface area contributed by atoms with Gasteiger partial charge < -0.3 is 10.0 Å². The second-order valence-corrected chi connectivity index (χ2v) is 11.1. The van der Waals surface area contributed by atoms with Crippen molar-refractivity contribution in [2.24, 2.45) is 0 Å². The summed E-state index contributed by atoms with van der Waals surface area (Å²) in [6.45, 7) is 0.566. The molecule has 0 bridgehead atoms. The van der Waals surface area contributed by atoms with Crippen molar-refractivity contribution in [3.8, 4) is 0 Å². The van der Waals surface area contributed by atoms with E-state index in [4.69, 9.17) is 5.10 Å². The molecule has 0 unspecified atom stereocenters. The highest BCUT2D eigenvalue weighted by Gasteiger charge is 2.54. The van der Waals surface area contributed by atoms with Gasteiger partial charge in [0, 0.05) is 24.6 Å². The Labute approximate surface area is 248 Å². The molecule has 1 aliphatic heterocycles. The van der Waals surface area contributed by atoms with E-state index in [0.717, 1.165) is 17.2 Å². The number of ketones is 1. The van der Waals surface area contributed by atoms with E-state index in [0.29, 0.717) is 12.8 Å². The molecule has 2 atom stereocenters. The van der Waals surface area contributed by atoms with Crippen molar-refractivity contribution in [2.45, 2.75) is 55.6 Å². The zero-order valence-electron chi connectivity index (χ0n) is 23.1. The summed E-state index contributed by atoms with van der Waals surface area (Å²) in [5, 5.41) is 22.4. The average Bonchev–Trinajstić information content (AvgIpc) is 3.35. The summed E-state index contributed by atoms with van der Waals surface area (Å²) in [4.78, 5) is 14.6. The predicted octanol–water partition coefficient (Wildman–Crippen LogP) is 5.85. The van der Waals surface area contributed by atoms with Crippen LogP contribution in [0.15, 0.2) is 72.8 Å². The quantitative estimate of drug-likeness (QED) is 0.284. The van der Waals surface area contributed by atoms with Crippen molar-refractivity contribution < 1.29 is 36.2 Å². The molecule has 1 N–H and O–H groups in total. The summed E-state index contributed by atoms with van der Waals surface area (Å²) in [6, 6.07) is 19.7. The SMILES string of the molecule is O=C1Cc2c(c(C3CCN(c4ccc(C(F)(F)F)nn4)CC3)nn2C(c2ccccc2)c2ccccc2)[C@@H](C(F)(F)F)[C@@H]1O. The summed E-state index contributed by atoms with van der Waals surface area (Å²) >= 11 is 0. The Morgan fingerprint density at radius 1 is 0.818 bits per heavy atom. The van der Waals surface area contributed by atoms with E-state index in [-0.39, 0.29) is 35.9 Å². The van der Waals surface area contributed by atoms with E-state index in [2.05, 4.69) is 10.2 Å². The van der Waals surface area contributed by atoms with Gasteiger partial charge in [-0.3, -0.25) is 9.48 Å². The molecule has 1 fully saturated rings. The van der Waals surface area contributed by atoms with Gasteiger partial charge in [0.1, 0.15) is 18.1 Å². The monoisotopic (exact) mass is 615 g/mol. The zero-order chi connectivity index (χ0) is 31.2. The number of anilines is 1. The first-order valence-electron chi connectivity index (χ1n) is 14.1. The molecular formula is C31H27F6N5O2. The maximum Gasteiger partial charge on any atom is 0.435 e. The molecule has 13 heteroatoms. The Kier molecular flexibility index (Phi) is 7.68. The largest absolute Gasteiger partial charge is 0.435 e. The van der Waals surface area contributed by atoms with Crippen LogP contribution >= 0.6 is 0 Å². The number of fused-ring (bicyclic) bond motifs is 1. The lowest BCUT2D eigenvalue weighted by Crippen LogP contribution is -2.43. The lowest BCUT2D eigenvalue weighted by molar-refractivity contribution is -0.179. The van der Waals surface area contributed by atoms with Crippen LogP contribution in [0.1, 0.15) is 64.5 Å². The van der Waals surface area contributed by atoms with Crippen molar-refractivity contribution in [3.63, 3.8) is 0 Å². The highest BCUT2D eigenvalue weighted by Crippen LogP contribution is 2.48. The molecule has 2 aliphatic rings. The fourth-order valence-electron chi connectivity index (χ4n) is 6.26. The Bertz CT molecular complexity index is 1580. The molecule has 0 amide bonds. The molecule has 7 nitrogen and oxygen atoms in total. The summed E-state index contributed by atoms with van der Waals surface area (Å²) in [5.41, 5.74) is 0.511. The Morgan fingerprint density at radius 3 is 1.91 bits per heavy atom. The Balaban J connectivity index is 1.42. The second kappa shape index (κ2) is 11.3. The van der Waals surface area contributed by atoms with Crippen LogP contribution in [0.2, 0.25) is 0 Å². The van der Waals surface area contributed by atoms with Gasteiger partial charge in [0.25, 0.3) is 0 Å². The number of halogens is 6. The van der Waals surface area contributed by atoms with Crippen LogP contribution in [0.3, 0.4) is 0 Å². The first-order chi connectivity index (χ1) is 20.9. The number of aromatic nitrogens is 4. The van der Waals surface area contributed by atoms with Crippen molar-refractivity contribution >= 4 is 11.6 Å². The van der Waals surface area contributed by atoms with Crippen molar-refractivity contribution in [1.82, 2.24) is 20.0 Å². The molecule has 4 aromatic rings. The predicted molar refractivity (Wildman–Crippen MR) is 147 cm³/mol. The van der Waals surface area contributed by atoms with Crippen LogP contribution < -0.4 is 4.90 Å². The van der Waals surface area contributed by atoms with Gasteiger partial charge in [-0.1, -0.05) is 60.7 Å². The van der Waals surface area contributed by atoms with Crippen molar-refractivity contribution in [2.75, 3.05) is 18.0 Å². The molecule has 2 aromatic heterocycles. The van der Waals surface area contributed by atoms with Crippen LogP contribution in [0.25, 0.3) is 0 Å². The molecular weight excluding hydrogens is 588 g/mol. The Hall–Kier alpha value is -4.26. The number of hydrogen-bond acceptors (Lipinski definition) is 6. The fourth-order valence-corrected chi connectivity index (χ4v) is 6.26. The number of Topliss-reactive ketones (excluding diaryl/α,β-unsaturated/α-hetero) is 1. The first kappa shape index (κ1) is 29.8. The number of carbonyl (C=O) groups excluding carboxylic acids is 1. The average molecular weight is 616 g/mol. The zero-order valence-corrected chi connectivity index (χ0v) is 23.1. The number of piperidine rings is 1. The molecule has 0 spiro atoms. The minimum Gasteiger partial charge on any atom is -0.384 e. The van der Waals surface area contributed by atoms with Crippen LogP contribution in [-0.2, 0) is 17.4 Å². The molecule has 230 valence electrons. The van der Waals surface area contributed by atoms with E-state index < -0.39 is 54.2 Å². The summed E-state index contributed by atoms with van der Waals surface area (Å²) in [6.07, 6.45) is -11.6. The molecule has 0 radical (unpaired) electrons. The smallest absolute Gasteiger partial charge is 0.384 e. The summed E-state index contributed by atoms with van der Waals surface area (Å²) in [5.74, 6) is -3.61. The van der Waals surface area contributed by atoms with Gasteiger partial charge in [0.05, 0.1) is 17.8 Å². The number of carbonyl (C=O) groups is 1. The van der Waals surface area contributed by atoms with Gasteiger partial charge in [0.2, 0.25) is 0 Å². The maximum atomic E-state index is 14.6. The molecule has 6 rings (SSSR count). The number of aliphatic hydroxyl groups is 1. The number of alkyl halides is 6. The van der Waals surface area contributed by atoms with Crippen molar-refractivity contribution in [1.29, 1.82) is 0 Å². The number of nitrogens with zero attached hydrogens (tertiary/aromatic N) is 5. The number of hydrogen-bond donors (Lipinski definition) is 1. The standard InChI is InChI=1S/C31H27F6N5O2/c32-30(33,34)23-11-12-24(39-38-23)41-15-13-18(14-16-41)27-25-21(17-22(43)29(44)26(25)31(35,36)37)42(40-27)28(19-7-3-1-4-8-19)20-9-5-2-6-10-20/h1-12,18,26,28-29,44H,13-17H2/t26-,29-/m1/s1. The third-order valence-corrected chi connectivity index (χ3v) is 8.35. The minimum atomic E-state index is -4.92. The van der Waals surface area contributed by atoms with Crippen LogP contribution in [-0.4, -0.2) is 56.2 Å². The van der Waals surface area contributed by atoms with Crippen LogP contribution in [0.5, 0.6) is 0 Å². The summed E-state index contributed by atoms with van der Waals surface area (Å²) in [7, 11) is 0. The lowest BCUT2D eigenvalue weighted by atomic mass is 9.78. The van der Waals surface area contributed by atoms with E-state index in [9.17, 15) is 36.2 Å². The van der Waals surface area contributed by atoms with Gasteiger partial charge >= 0.3 is 12.4 Å². The van der Waals surface area contributed by atoms with Crippen LogP contribution in [0.4, 0.5) is 32.2 Å². The normalized spacial score (nSPS) is 19.8. The van der Waals surface area contributed by atoms with E-state index in [1.807, 2.05) is 60.7 Å². The molecule has 44 heavy (non-hydrogen) atoms. The molecule has 0 saturated carbocycles. The molecule has 3 heterocycles. The highest BCUT2D eigenvalue weighted by molar-refractivity contribution is 5.88. The number of benzene rings is 2. The van der Waals surface area contributed by atoms with Crippen LogP contribution in [0, 0.1) is 0 Å². The van der Waals surface area contributed by atoms with E-state index in [1.165, 1.54) is 10.7 Å². The second-order valence-electron chi connectivity index (χ2n) is 11.1. The third kappa shape index (κ3) is 5.56. The Morgan fingerprint density at radius 2 is 1.41 bits per heavy atom. The topological polar surface area (TPSA) is 84.1 Å². The first-order valence-corrected chi connectivity index (χ1v) is 14.1. The maximum absolute atomic E-state index is 14.6. The minimum absolute atomic E-state index is 0.117. The third-order valence-electron chi connectivity index (χ3n) is 8.35. The van der Waals surface area contributed by atoms with Gasteiger partial charge in [-0.15, -0.1) is 10.2 Å². The summed E-state index contributed by atoms with van der Waals surface area (Å²) < 4.78 is 84.1. The van der Waals surface area contributed by atoms with E-state index >= 15 is 0 Å². The van der Waals surface area contributed by atoms with Gasteiger partial charge in [0.15, 0.2) is 17.3 Å². The number of aliphatic hydroxyl groups excluding tert-OH is 1. The van der Waals surface area contributed by atoms with E-state index in [1.54, 1.807) is 4.90 Å². The molecule has 1 aliphatic carbocycles. The fraction of sp³-hybridized carbons (Fsp3) is 0.355. The molecule has 1 saturated heterocycles. The van der Waals surface area contributed by atoms with Gasteiger partial charge in [-0.25, -0.2) is 0 Å². The van der Waals surface area contributed by atoms with Gasteiger partial charge in [-0.2, -0.15) is 31.4 Å².